The fourth-order valence-electron chi connectivity index (χ4n) is 3.64. The number of hydrogen-bond acceptors (Lipinski definition) is 12. The van der Waals surface area contributed by atoms with Gasteiger partial charge in [0.15, 0.2) is 18.3 Å². The lowest BCUT2D eigenvalue weighted by Crippen LogP contribution is -2.63. The standard InChI is InChI=1S/C22H23NO12/c1-10(24)30-9-16-17(31-11(2)25)18(32-12(3)26)19(33-13(4)27)22(34-16)35-23-20(28)14-7-5-6-8-15(14)21(23)29/h5-8,16-19,22H,9H2,1-4H3/t16-,17+,18+,19-,22-/m1/s1. The number of fused-ring (bicyclic) bond motifs is 1. The summed E-state index contributed by atoms with van der Waals surface area (Å²) in [6.45, 7) is 3.83. The molecule has 188 valence electrons. The topological polar surface area (TPSA) is 161 Å². The van der Waals surface area contributed by atoms with E-state index in [0.29, 0.717) is 5.06 Å². The van der Waals surface area contributed by atoms with Gasteiger partial charge < -0.3 is 23.7 Å². The minimum absolute atomic E-state index is 0.0723. The van der Waals surface area contributed by atoms with Crippen LogP contribution < -0.4 is 0 Å². The smallest absolute Gasteiger partial charge is 0.303 e. The van der Waals surface area contributed by atoms with E-state index in [-0.39, 0.29) is 11.1 Å². The molecule has 2 amide bonds. The Morgan fingerprint density at radius 3 is 1.74 bits per heavy atom. The van der Waals surface area contributed by atoms with Gasteiger partial charge >= 0.3 is 23.9 Å². The number of benzene rings is 1. The van der Waals surface area contributed by atoms with Gasteiger partial charge in [-0.15, -0.1) is 5.06 Å². The molecule has 1 aromatic carbocycles. The summed E-state index contributed by atoms with van der Waals surface area (Å²) >= 11 is 0. The predicted octanol–water partition coefficient (Wildman–Crippen LogP) is 0.297. The fraction of sp³-hybridized carbons (Fsp3) is 0.455. The van der Waals surface area contributed by atoms with E-state index < -0.39 is 73.0 Å². The van der Waals surface area contributed by atoms with Crippen LogP contribution in [-0.2, 0) is 47.7 Å². The number of ether oxygens (including phenoxy) is 5. The Kier molecular flexibility index (Phi) is 7.82. The van der Waals surface area contributed by atoms with Crippen LogP contribution in [0.5, 0.6) is 0 Å². The minimum atomic E-state index is -1.71. The molecule has 2 aliphatic heterocycles. The lowest BCUT2D eigenvalue weighted by atomic mass is 9.98. The zero-order valence-corrected chi connectivity index (χ0v) is 19.2. The van der Waals surface area contributed by atoms with E-state index in [1.165, 1.54) is 12.1 Å². The number of nitrogens with zero attached hydrogens (tertiary/aromatic N) is 1. The van der Waals surface area contributed by atoms with Crippen LogP contribution in [0.1, 0.15) is 48.4 Å². The highest BCUT2D eigenvalue weighted by Crippen LogP contribution is 2.32. The summed E-state index contributed by atoms with van der Waals surface area (Å²) < 4.78 is 26.5. The second-order valence-corrected chi connectivity index (χ2v) is 7.62. The monoisotopic (exact) mass is 493 g/mol. The van der Waals surface area contributed by atoms with Gasteiger partial charge in [-0.1, -0.05) is 12.1 Å². The molecule has 0 saturated carbocycles. The van der Waals surface area contributed by atoms with E-state index in [9.17, 15) is 28.8 Å². The van der Waals surface area contributed by atoms with Crippen molar-refractivity contribution in [3.63, 3.8) is 0 Å². The first-order valence-corrected chi connectivity index (χ1v) is 10.4. The van der Waals surface area contributed by atoms with Gasteiger partial charge in [0.25, 0.3) is 11.8 Å². The average Bonchev–Trinajstić information content (AvgIpc) is 3.00. The SMILES string of the molecule is CC(=O)OC[C@H]1O[C@H](ON2C(=O)c3ccccc3C2=O)[C@H](OC(C)=O)[C@@H](OC(C)=O)[C@H]1OC(C)=O. The summed E-state index contributed by atoms with van der Waals surface area (Å²) in [5.41, 5.74) is 0.145. The summed E-state index contributed by atoms with van der Waals surface area (Å²) in [6.07, 6.45) is -7.49. The maximum Gasteiger partial charge on any atom is 0.303 e. The number of amides is 2. The fourth-order valence-corrected chi connectivity index (χ4v) is 3.64. The van der Waals surface area contributed by atoms with Crippen molar-refractivity contribution in [1.82, 2.24) is 5.06 Å². The normalized spacial score (nSPS) is 25.5. The average molecular weight is 493 g/mol. The molecule has 1 aromatic rings. The number of carbonyl (C=O) groups excluding carboxylic acids is 6. The van der Waals surface area contributed by atoms with Gasteiger partial charge in [-0.3, -0.25) is 28.8 Å². The molecule has 13 nitrogen and oxygen atoms in total. The Balaban J connectivity index is 1.98. The summed E-state index contributed by atoms with van der Waals surface area (Å²) in [4.78, 5) is 77.9. The van der Waals surface area contributed by atoms with Crippen LogP contribution in [-0.4, -0.2) is 78.1 Å². The third kappa shape index (κ3) is 5.81. The molecule has 2 heterocycles. The molecule has 13 heteroatoms. The molecular weight excluding hydrogens is 470 g/mol. The molecule has 0 unspecified atom stereocenters. The van der Waals surface area contributed by atoms with E-state index in [1.807, 2.05) is 0 Å². The largest absolute Gasteiger partial charge is 0.463 e. The third-order valence-corrected chi connectivity index (χ3v) is 4.91. The first-order chi connectivity index (χ1) is 16.5. The zero-order valence-electron chi connectivity index (χ0n) is 19.2. The molecule has 1 fully saturated rings. The van der Waals surface area contributed by atoms with E-state index in [0.717, 1.165) is 27.7 Å². The van der Waals surface area contributed by atoms with Gasteiger partial charge in [-0.2, -0.15) is 0 Å². The second kappa shape index (κ2) is 10.6. The number of rotatable bonds is 7. The number of carbonyl (C=O) groups is 6. The molecular formula is C22H23NO12. The Bertz CT molecular complexity index is 1020. The van der Waals surface area contributed by atoms with Gasteiger partial charge in [-0.25, -0.2) is 4.84 Å². The quantitative estimate of drug-likeness (QED) is 0.291. The van der Waals surface area contributed by atoms with Crippen LogP contribution in [0.4, 0.5) is 0 Å². The minimum Gasteiger partial charge on any atom is -0.463 e. The van der Waals surface area contributed by atoms with Crippen LogP contribution in [0, 0.1) is 0 Å². The molecule has 0 bridgehead atoms. The van der Waals surface area contributed by atoms with E-state index in [4.69, 9.17) is 28.5 Å². The summed E-state index contributed by atoms with van der Waals surface area (Å²) in [6, 6.07) is 5.96. The summed E-state index contributed by atoms with van der Waals surface area (Å²) in [5, 5.41) is 0.422. The predicted molar refractivity (Wildman–Crippen MR) is 110 cm³/mol. The van der Waals surface area contributed by atoms with Crippen molar-refractivity contribution < 1.29 is 57.3 Å². The first kappa shape index (κ1) is 25.8. The Morgan fingerprint density at radius 2 is 1.26 bits per heavy atom. The van der Waals surface area contributed by atoms with Crippen molar-refractivity contribution in [1.29, 1.82) is 0 Å². The van der Waals surface area contributed by atoms with Crippen molar-refractivity contribution in [2.45, 2.75) is 58.4 Å². The molecule has 3 rings (SSSR count). The van der Waals surface area contributed by atoms with Gasteiger partial charge in [-0.05, 0) is 12.1 Å². The number of esters is 4. The van der Waals surface area contributed by atoms with Crippen molar-refractivity contribution in [3.8, 4) is 0 Å². The first-order valence-electron chi connectivity index (χ1n) is 10.4. The van der Waals surface area contributed by atoms with E-state index >= 15 is 0 Å². The molecule has 0 aromatic heterocycles. The molecule has 35 heavy (non-hydrogen) atoms. The van der Waals surface area contributed by atoms with Crippen molar-refractivity contribution >= 4 is 35.7 Å². The molecule has 0 N–H and O–H groups in total. The Hall–Kier alpha value is -3.84. The Labute approximate surface area is 199 Å². The summed E-state index contributed by atoms with van der Waals surface area (Å²) in [5.74, 6) is -4.80. The highest BCUT2D eigenvalue weighted by molar-refractivity contribution is 6.20. The van der Waals surface area contributed by atoms with E-state index in [2.05, 4.69) is 0 Å². The van der Waals surface area contributed by atoms with Gasteiger partial charge in [0.05, 0.1) is 11.1 Å². The van der Waals surface area contributed by atoms with Crippen LogP contribution in [0.25, 0.3) is 0 Å². The lowest BCUT2D eigenvalue weighted by Gasteiger charge is -2.44. The van der Waals surface area contributed by atoms with Crippen LogP contribution in [0.3, 0.4) is 0 Å². The maximum absolute atomic E-state index is 12.8. The number of hydroxylamine groups is 2. The molecule has 0 spiro atoms. The van der Waals surface area contributed by atoms with Crippen LogP contribution in [0.2, 0.25) is 0 Å². The Morgan fingerprint density at radius 1 is 0.771 bits per heavy atom. The molecule has 0 aliphatic carbocycles. The zero-order chi connectivity index (χ0) is 25.9. The molecule has 0 radical (unpaired) electrons. The molecule has 1 saturated heterocycles. The number of imide groups is 1. The number of hydrogen-bond donors (Lipinski definition) is 0. The maximum atomic E-state index is 12.8. The highest BCUT2D eigenvalue weighted by Gasteiger charge is 2.54. The van der Waals surface area contributed by atoms with Gasteiger partial charge in [0, 0.05) is 27.7 Å². The molecule has 2 aliphatic rings. The van der Waals surface area contributed by atoms with Crippen molar-refractivity contribution in [3.05, 3.63) is 35.4 Å². The third-order valence-electron chi connectivity index (χ3n) is 4.91. The van der Waals surface area contributed by atoms with E-state index in [1.54, 1.807) is 12.1 Å². The van der Waals surface area contributed by atoms with Gasteiger partial charge in [0.1, 0.15) is 12.7 Å². The second-order valence-electron chi connectivity index (χ2n) is 7.62. The summed E-state index contributed by atoms with van der Waals surface area (Å²) in [7, 11) is 0. The molecule has 5 atom stereocenters. The lowest BCUT2D eigenvalue weighted by molar-refractivity contribution is -0.341. The highest BCUT2D eigenvalue weighted by atomic mass is 16.8. The van der Waals surface area contributed by atoms with Crippen LogP contribution in [0.15, 0.2) is 24.3 Å². The van der Waals surface area contributed by atoms with Crippen molar-refractivity contribution in [2.24, 2.45) is 0 Å². The van der Waals surface area contributed by atoms with Gasteiger partial charge in [0.2, 0.25) is 6.29 Å². The van der Waals surface area contributed by atoms with Crippen molar-refractivity contribution in [2.75, 3.05) is 6.61 Å². The van der Waals surface area contributed by atoms with Crippen LogP contribution >= 0.6 is 0 Å².